The van der Waals surface area contributed by atoms with E-state index in [0.29, 0.717) is 24.5 Å². The summed E-state index contributed by atoms with van der Waals surface area (Å²) in [6, 6.07) is 16.8. The van der Waals surface area contributed by atoms with Crippen molar-refractivity contribution in [3.05, 3.63) is 66.4 Å². The van der Waals surface area contributed by atoms with Crippen LogP contribution in [0.15, 0.2) is 60.8 Å². The molecule has 0 aliphatic carbocycles. The molecular weight excluding hydrogens is 330 g/mol. The predicted molar refractivity (Wildman–Crippen MR) is 99.8 cm³/mol. The van der Waals surface area contributed by atoms with Crippen LogP contribution in [0.25, 0.3) is 10.9 Å². The third-order valence-corrected chi connectivity index (χ3v) is 4.00. The summed E-state index contributed by atoms with van der Waals surface area (Å²) in [6.07, 6.45) is 2.22. The van der Waals surface area contributed by atoms with Crippen molar-refractivity contribution in [2.45, 2.75) is 19.9 Å². The van der Waals surface area contributed by atoms with E-state index >= 15 is 0 Å². The first-order chi connectivity index (χ1) is 12.7. The molecule has 0 unspecified atom stereocenters. The Balaban J connectivity index is 1.48. The number of rotatable bonds is 6. The Bertz CT molecular complexity index is 900. The highest BCUT2D eigenvalue weighted by molar-refractivity contribution is 5.95. The highest BCUT2D eigenvalue weighted by Gasteiger charge is 2.08. The summed E-state index contributed by atoms with van der Waals surface area (Å²) in [5, 5.41) is 1.14. The first kappa shape index (κ1) is 17.5. The number of hydrogen-bond acceptors (Lipinski definition) is 3. The normalized spacial score (nSPS) is 10.5. The fraction of sp³-hybridized carbons (Fsp3) is 0.200. The molecule has 0 saturated heterocycles. The van der Waals surface area contributed by atoms with Gasteiger partial charge in [0.15, 0.2) is 0 Å². The van der Waals surface area contributed by atoms with Crippen molar-refractivity contribution in [1.82, 2.24) is 15.4 Å². The minimum atomic E-state index is -0.368. The molecular formula is C20H21N3O3. The molecule has 6 heteroatoms. The molecule has 3 aromatic rings. The summed E-state index contributed by atoms with van der Waals surface area (Å²) in [6.45, 7) is 3.00. The van der Waals surface area contributed by atoms with E-state index in [4.69, 9.17) is 4.74 Å². The topological polar surface area (TPSA) is 72.4 Å². The molecule has 0 radical (unpaired) electrons. The maximum absolute atomic E-state index is 12.1. The van der Waals surface area contributed by atoms with Crippen LogP contribution < -0.4 is 15.6 Å². The molecule has 0 fully saturated rings. The van der Waals surface area contributed by atoms with Crippen molar-refractivity contribution in [3.8, 4) is 5.75 Å². The summed E-state index contributed by atoms with van der Waals surface area (Å²) in [5.74, 6) is 0.0851. The smallest absolute Gasteiger partial charge is 0.269 e. The lowest BCUT2D eigenvalue weighted by molar-refractivity contribution is -0.122. The van der Waals surface area contributed by atoms with Crippen molar-refractivity contribution in [2.75, 3.05) is 6.61 Å². The molecule has 0 atom stereocenters. The van der Waals surface area contributed by atoms with Crippen molar-refractivity contribution in [3.63, 3.8) is 0 Å². The quantitative estimate of drug-likeness (QED) is 0.671. The molecule has 2 N–H and O–H groups in total. The van der Waals surface area contributed by atoms with Crippen molar-refractivity contribution in [2.24, 2.45) is 0 Å². The molecule has 6 nitrogen and oxygen atoms in total. The Morgan fingerprint density at radius 2 is 1.77 bits per heavy atom. The molecule has 0 bridgehead atoms. The molecule has 2 aromatic carbocycles. The van der Waals surface area contributed by atoms with Gasteiger partial charge < -0.3 is 9.30 Å². The van der Waals surface area contributed by atoms with Crippen LogP contribution >= 0.6 is 0 Å². The van der Waals surface area contributed by atoms with Crippen molar-refractivity contribution in [1.29, 1.82) is 0 Å². The molecule has 2 amide bonds. The molecule has 0 aliphatic heterocycles. The second kappa shape index (κ2) is 8.20. The number of para-hydroxylation sites is 1. The van der Waals surface area contributed by atoms with E-state index < -0.39 is 0 Å². The van der Waals surface area contributed by atoms with Crippen LogP contribution in [0.1, 0.15) is 23.7 Å². The van der Waals surface area contributed by atoms with E-state index in [-0.39, 0.29) is 18.2 Å². The van der Waals surface area contributed by atoms with Gasteiger partial charge in [0.25, 0.3) is 5.91 Å². The Hall–Kier alpha value is -3.28. The number of hydrazine groups is 1. The van der Waals surface area contributed by atoms with E-state index in [1.54, 1.807) is 24.3 Å². The average molecular weight is 351 g/mol. The number of ether oxygens (including phenoxy) is 1. The number of hydrogen-bond donors (Lipinski definition) is 2. The number of aromatic nitrogens is 1. The molecule has 1 heterocycles. The molecule has 26 heavy (non-hydrogen) atoms. The van der Waals surface area contributed by atoms with Crippen LogP contribution in [0.2, 0.25) is 0 Å². The Morgan fingerprint density at radius 1 is 1.00 bits per heavy atom. The fourth-order valence-electron chi connectivity index (χ4n) is 2.69. The Morgan fingerprint density at radius 3 is 2.54 bits per heavy atom. The van der Waals surface area contributed by atoms with Crippen molar-refractivity contribution < 1.29 is 14.3 Å². The first-order valence-corrected chi connectivity index (χ1v) is 8.53. The van der Waals surface area contributed by atoms with Gasteiger partial charge in [-0.3, -0.25) is 20.4 Å². The molecule has 0 spiro atoms. The van der Waals surface area contributed by atoms with Crippen LogP contribution in [-0.4, -0.2) is 23.0 Å². The minimum Gasteiger partial charge on any atom is -0.494 e. The van der Waals surface area contributed by atoms with Gasteiger partial charge >= 0.3 is 0 Å². The lowest BCUT2D eigenvalue weighted by Crippen LogP contribution is -2.41. The predicted octanol–water partition coefficient (Wildman–Crippen LogP) is 2.89. The largest absolute Gasteiger partial charge is 0.494 e. The molecule has 0 aliphatic rings. The van der Waals surface area contributed by atoms with E-state index in [1.807, 2.05) is 48.0 Å². The standard InChI is InChI=1S/C20H21N3O3/c1-2-26-17-9-7-16(8-10-17)20(25)22-21-19(24)12-14-23-13-11-15-5-3-4-6-18(15)23/h3-11,13H,2,12,14H2,1H3,(H,21,24)(H,22,25). The highest BCUT2D eigenvalue weighted by Crippen LogP contribution is 2.15. The summed E-state index contributed by atoms with van der Waals surface area (Å²) in [4.78, 5) is 24.0. The second-order valence-corrected chi connectivity index (χ2v) is 5.78. The number of amides is 2. The lowest BCUT2D eigenvalue weighted by Gasteiger charge is -2.09. The van der Waals surface area contributed by atoms with Crippen molar-refractivity contribution >= 4 is 22.7 Å². The van der Waals surface area contributed by atoms with Crippen LogP contribution in [0, 0.1) is 0 Å². The summed E-state index contributed by atoms with van der Waals surface area (Å²) in [5.41, 5.74) is 6.41. The monoisotopic (exact) mass is 351 g/mol. The maximum Gasteiger partial charge on any atom is 0.269 e. The van der Waals surface area contributed by atoms with E-state index in [9.17, 15) is 9.59 Å². The van der Waals surface area contributed by atoms with Gasteiger partial charge in [0.1, 0.15) is 5.75 Å². The number of nitrogens with zero attached hydrogens (tertiary/aromatic N) is 1. The summed E-state index contributed by atoms with van der Waals surface area (Å²) in [7, 11) is 0. The van der Waals surface area contributed by atoms with Crippen LogP contribution in [0.5, 0.6) is 5.75 Å². The van der Waals surface area contributed by atoms with Gasteiger partial charge in [-0.2, -0.15) is 0 Å². The average Bonchev–Trinajstić information content (AvgIpc) is 3.08. The number of fused-ring (bicyclic) bond motifs is 1. The SMILES string of the molecule is CCOc1ccc(C(=O)NNC(=O)CCn2ccc3ccccc32)cc1. The Labute approximate surface area is 151 Å². The van der Waals surface area contributed by atoms with Crippen LogP contribution in [0.3, 0.4) is 0 Å². The van der Waals surface area contributed by atoms with Gasteiger partial charge in [0.05, 0.1) is 6.61 Å². The van der Waals surface area contributed by atoms with E-state index in [2.05, 4.69) is 10.9 Å². The Kier molecular flexibility index (Phi) is 5.53. The van der Waals surface area contributed by atoms with E-state index in [0.717, 1.165) is 10.9 Å². The highest BCUT2D eigenvalue weighted by atomic mass is 16.5. The van der Waals surface area contributed by atoms with Gasteiger partial charge in [0, 0.05) is 30.2 Å². The van der Waals surface area contributed by atoms with Gasteiger partial charge in [-0.25, -0.2) is 0 Å². The van der Waals surface area contributed by atoms with E-state index in [1.165, 1.54) is 0 Å². The molecule has 1 aromatic heterocycles. The number of benzene rings is 2. The lowest BCUT2D eigenvalue weighted by atomic mass is 10.2. The van der Waals surface area contributed by atoms with Gasteiger partial charge in [-0.05, 0) is 48.7 Å². The number of carbonyl (C=O) groups is 2. The first-order valence-electron chi connectivity index (χ1n) is 8.53. The minimum absolute atomic E-state index is 0.248. The molecule has 0 saturated carbocycles. The number of aryl methyl sites for hydroxylation is 1. The number of nitrogens with one attached hydrogen (secondary N) is 2. The number of carbonyl (C=O) groups excluding carboxylic acids is 2. The zero-order valence-electron chi connectivity index (χ0n) is 14.6. The zero-order valence-corrected chi connectivity index (χ0v) is 14.6. The summed E-state index contributed by atoms with van der Waals surface area (Å²) < 4.78 is 7.35. The second-order valence-electron chi connectivity index (χ2n) is 5.78. The summed E-state index contributed by atoms with van der Waals surface area (Å²) >= 11 is 0. The van der Waals surface area contributed by atoms with Gasteiger partial charge in [-0.1, -0.05) is 18.2 Å². The fourth-order valence-corrected chi connectivity index (χ4v) is 2.69. The van der Waals surface area contributed by atoms with Gasteiger partial charge in [0.2, 0.25) is 5.91 Å². The van der Waals surface area contributed by atoms with Gasteiger partial charge in [-0.15, -0.1) is 0 Å². The van der Waals surface area contributed by atoms with Crippen LogP contribution in [0.4, 0.5) is 0 Å². The third-order valence-electron chi connectivity index (χ3n) is 4.00. The van der Waals surface area contributed by atoms with Crippen LogP contribution in [-0.2, 0) is 11.3 Å². The molecule has 134 valence electrons. The molecule has 3 rings (SSSR count). The third kappa shape index (κ3) is 4.22. The maximum atomic E-state index is 12.1. The zero-order chi connectivity index (χ0) is 18.4.